The van der Waals surface area contributed by atoms with Crippen molar-refractivity contribution in [3.05, 3.63) is 0 Å². The molecule has 3 unspecified atom stereocenters. The third-order valence-electron chi connectivity index (χ3n) is 4.98. The van der Waals surface area contributed by atoms with Gasteiger partial charge in [0.25, 0.3) is 0 Å². The molecule has 25 heavy (non-hydrogen) atoms. The van der Waals surface area contributed by atoms with E-state index >= 15 is 0 Å². The van der Waals surface area contributed by atoms with Gasteiger partial charge in [0.15, 0.2) is 0 Å². The molecule has 0 aliphatic carbocycles. The molecule has 7 heteroatoms. The highest BCUT2D eigenvalue weighted by atomic mass is 16.5. The monoisotopic (exact) mass is 354 g/mol. The molecule has 2 heterocycles. The summed E-state index contributed by atoms with van der Waals surface area (Å²) < 4.78 is 5.69. The smallest absolute Gasteiger partial charge is 0.236 e. The summed E-state index contributed by atoms with van der Waals surface area (Å²) in [5, 5.41) is 3.00. The second-order valence-corrected chi connectivity index (χ2v) is 7.49. The van der Waals surface area contributed by atoms with E-state index in [-0.39, 0.29) is 30.1 Å². The lowest BCUT2D eigenvalue weighted by Gasteiger charge is -2.38. The van der Waals surface area contributed by atoms with Crippen molar-refractivity contribution in [3.8, 4) is 0 Å². The van der Waals surface area contributed by atoms with Crippen LogP contribution in [0, 0.1) is 0 Å². The molecule has 144 valence electrons. The van der Waals surface area contributed by atoms with Crippen molar-refractivity contribution < 1.29 is 14.3 Å². The van der Waals surface area contributed by atoms with Crippen LogP contribution in [0.3, 0.4) is 0 Å². The van der Waals surface area contributed by atoms with Gasteiger partial charge in [-0.1, -0.05) is 6.92 Å². The van der Waals surface area contributed by atoms with Crippen LogP contribution in [-0.2, 0) is 14.3 Å². The van der Waals surface area contributed by atoms with Gasteiger partial charge in [-0.05, 0) is 27.2 Å². The van der Waals surface area contributed by atoms with Gasteiger partial charge in [0, 0.05) is 45.3 Å². The van der Waals surface area contributed by atoms with Crippen molar-refractivity contribution in [2.75, 3.05) is 52.4 Å². The maximum atomic E-state index is 12.5. The Labute approximate surface area is 151 Å². The van der Waals surface area contributed by atoms with E-state index in [0.29, 0.717) is 26.2 Å². The fraction of sp³-hybridized carbons (Fsp3) is 0.889. The highest BCUT2D eigenvalue weighted by molar-refractivity contribution is 5.79. The standard InChI is InChI=1S/C18H34N4O3/c1-5-14(2)19-17(23)12-20-6-8-21(9-7-20)13-18(24)22-10-15(3)25-16(4)11-22/h14-16H,5-13H2,1-4H3,(H,19,23). The zero-order valence-electron chi connectivity index (χ0n) is 16.2. The maximum Gasteiger partial charge on any atom is 0.236 e. The van der Waals surface area contributed by atoms with E-state index in [2.05, 4.69) is 22.0 Å². The molecule has 2 aliphatic heterocycles. The third kappa shape index (κ3) is 6.56. The van der Waals surface area contributed by atoms with Gasteiger partial charge in [-0.2, -0.15) is 0 Å². The van der Waals surface area contributed by atoms with Crippen LogP contribution in [0.15, 0.2) is 0 Å². The molecule has 2 saturated heterocycles. The summed E-state index contributed by atoms with van der Waals surface area (Å²) in [5.74, 6) is 0.278. The number of ether oxygens (including phenoxy) is 1. The molecule has 0 aromatic carbocycles. The summed E-state index contributed by atoms with van der Waals surface area (Å²) >= 11 is 0. The van der Waals surface area contributed by atoms with Gasteiger partial charge < -0.3 is 15.0 Å². The first-order chi connectivity index (χ1) is 11.9. The fourth-order valence-corrected chi connectivity index (χ4v) is 3.40. The Morgan fingerprint density at radius 1 is 1.04 bits per heavy atom. The number of hydrogen-bond acceptors (Lipinski definition) is 5. The topological polar surface area (TPSA) is 65.1 Å². The Hall–Kier alpha value is -1.18. The second kappa shape index (κ2) is 9.50. The predicted molar refractivity (Wildman–Crippen MR) is 97.4 cm³/mol. The van der Waals surface area contributed by atoms with Crippen LogP contribution in [0.25, 0.3) is 0 Å². The quantitative estimate of drug-likeness (QED) is 0.736. The van der Waals surface area contributed by atoms with E-state index in [1.807, 2.05) is 25.7 Å². The number of piperazine rings is 1. The number of hydrogen-bond donors (Lipinski definition) is 1. The van der Waals surface area contributed by atoms with Crippen molar-refractivity contribution >= 4 is 11.8 Å². The summed E-state index contributed by atoms with van der Waals surface area (Å²) in [5.41, 5.74) is 0. The lowest BCUT2D eigenvalue weighted by atomic mass is 10.2. The Balaban J connectivity index is 1.69. The Kier molecular flexibility index (Phi) is 7.65. The van der Waals surface area contributed by atoms with Gasteiger partial charge in [-0.15, -0.1) is 0 Å². The lowest BCUT2D eigenvalue weighted by Crippen LogP contribution is -2.54. The summed E-state index contributed by atoms with van der Waals surface area (Å²) in [4.78, 5) is 30.8. The maximum absolute atomic E-state index is 12.5. The average molecular weight is 354 g/mol. The van der Waals surface area contributed by atoms with E-state index < -0.39 is 0 Å². The number of amides is 2. The van der Waals surface area contributed by atoms with Crippen molar-refractivity contribution in [2.24, 2.45) is 0 Å². The van der Waals surface area contributed by atoms with Crippen molar-refractivity contribution in [1.82, 2.24) is 20.0 Å². The first-order valence-corrected chi connectivity index (χ1v) is 9.54. The minimum Gasteiger partial charge on any atom is -0.372 e. The highest BCUT2D eigenvalue weighted by Crippen LogP contribution is 2.11. The number of rotatable bonds is 6. The van der Waals surface area contributed by atoms with Gasteiger partial charge in [-0.3, -0.25) is 19.4 Å². The van der Waals surface area contributed by atoms with E-state index in [4.69, 9.17) is 4.74 Å². The lowest BCUT2D eigenvalue weighted by molar-refractivity contribution is -0.144. The van der Waals surface area contributed by atoms with Crippen molar-refractivity contribution in [2.45, 2.75) is 52.4 Å². The first kappa shape index (κ1) is 20.1. The van der Waals surface area contributed by atoms with E-state index in [0.717, 1.165) is 32.6 Å². The molecule has 0 aromatic heterocycles. The normalized spacial score (nSPS) is 27.1. The number of morpholine rings is 1. The van der Waals surface area contributed by atoms with Crippen LogP contribution in [0.5, 0.6) is 0 Å². The van der Waals surface area contributed by atoms with Gasteiger partial charge in [0.1, 0.15) is 0 Å². The van der Waals surface area contributed by atoms with Crippen molar-refractivity contribution in [1.29, 1.82) is 0 Å². The SMILES string of the molecule is CCC(C)NC(=O)CN1CCN(CC(=O)N2CC(C)OC(C)C2)CC1. The Bertz CT molecular complexity index is 442. The molecule has 3 atom stereocenters. The van der Waals surface area contributed by atoms with Crippen molar-refractivity contribution in [3.63, 3.8) is 0 Å². The van der Waals surface area contributed by atoms with Gasteiger partial charge in [-0.25, -0.2) is 0 Å². The largest absolute Gasteiger partial charge is 0.372 e. The molecule has 7 nitrogen and oxygen atoms in total. The van der Waals surface area contributed by atoms with Gasteiger partial charge in [0.2, 0.25) is 11.8 Å². The molecule has 1 N–H and O–H groups in total. The summed E-state index contributed by atoms with van der Waals surface area (Å²) in [6.07, 6.45) is 1.16. The number of nitrogens with one attached hydrogen (secondary N) is 1. The number of carbonyl (C=O) groups is 2. The number of nitrogens with zero attached hydrogens (tertiary/aromatic N) is 3. The summed E-state index contributed by atoms with van der Waals surface area (Å²) in [7, 11) is 0. The van der Waals surface area contributed by atoms with Crippen LogP contribution >= 0.6 is 0 Å². The molecule has 2 rings (SSSR count). The van der Waals surface area contributed by atoms with Crippen LogP contribution in [0.4, 0.5) is 0 Å². The third-order valence-corrected chi connectivity index (χ3v) is 4.98. The van der Waals surface area contributed by atoms with Crippen LogP contribution in [0.2, 0.25) is 0 Å². The Morgan fingerprint density at radius 2 is 1.56 bits per heavy atom. The molecule has 2 amide bonds. The predicted octanol–water partition coefficient (Wildman–Crippen LogP) is 0.155. The fourth-order valence-electron chi connectivity index (χ4n) is 3.40. The number of carbonyl (C=O) groups excluding carboxylic acids is 2. The van der Waals surface area contributed by atoms with E-state index in [1.54, 1.807) is 0 Å². The molecular weight excluding hydrogens is 320 g/mol. The minimum absolute atomic E-state index is 0.0927. The molecule has 0 aromatic rings. The molecule has 2 aliphatic rings. The van der Waals surface area contributed by atoms with Crippen LogP contribution < -0.4 is 5.32 Å². The van der Waals surface area contributed by atoms with E-state index in [1.165, 1.54) is 0 Å². The molecule has 0 radical (unpaired) electrons. The van der Waals surface area contributed by atoms with Gasteiger partial charge in [0.05, 0.1) is 25.3 Å². The highest BCUT2D eigenvalue weighted by Gasteiger charge is 2.28. The molecule has 0 saturated carbocycles. The summed E-state index contributed by atoms with van der Waals surface area (Å²) in [6, 6.07) is 0.227. The molecule has 0 bridgehead atoms. The van der Waals surface area contributed by atoms with E-state index in [9.17, 15) is 9.59 Å². The minimum atomic E-state index is 0.0927. The summed E-state index contributed by atoms with van der Waals surface area (Å²) in [6.45, 7) is 13.7. The molecule has 0 spiro atoms. The first-order valence-electron chi connectivity index (χ1n) is 9.54. The Morgan fingerprint density at radius 3 is 2.08 bits per heavy atom. The van der Waals surface area contributed by atoms with Crippen LogP contribution in [-0.4, -0.2) is 97.1 Å². The van der Waals surface area contributed by atoms with Gasteiger partial charge >= 0.3 is 0 Å². The molecule has 2 fully saturated rings. The zero-order chi connectivity index (χ0) is 18.4. The zero-order valence-corrected chi connectivity index (χ0v) is 16.2. The second-order valence-electron chi connectivity index (χ2n) is 7.49. The van der Waals surface area contributed by atoms with Crippen LogP contribution in [0.1, 0.15) is 34.1 Å². The average Bonchev–Trinajstić information content (AvgIpc) is 2.55. The molecular formula is C18H34N4O3.